The quantitative estimate of drug-likeness (QED) is 0.549. The lowest BCUT2D eigenvalue weighted by Crippen LogP contribution is -2.30. The Hall–Kier alpha value is -3.17. The fraction of sp³-hybridized carbons (Fsp3) is 0.263. The SMILES string of the molecule is CN(C)CC(O)COc1ccc(NC(=O)Nc2cc(C(N)=O)ccc2F)cc1. The van der Waals surface area contributed by atoms with Crippen molar-refractivity contribution in [3.8, 4) is 5.75 Å². The number of aliphatic hydroxyl groups is 1. The molecule has 0 bridgehead atoms. The molecule has 0 aromatic heterocycles. The van der Waals surface area contributed by atoms with Gasteiger partial charge in [0, 0.05) is 17.8 Å². The summed E-state index contributed by atoms with van der Waals surface area (Å²) in [7, 11) is 3.70. The molecule has 0 aliphatic carbocycles. The molecular weight excluding hydrogens is 367 g/mol. The summed E-state index contributed by atoms with van der Waals surface area (Å²) in [6.07, 6.45) is -0.621. The van der Waals surface area contributed by atoms with Crippen molar-refractivity contribution in [2.24, 2.45) is 5.73 Å². The second-order valence-corrected chi connectivity index (χ2v) is 6.39. The van der Waals surface area contributed by atoms with E-state index in [1.54, 1.807) is 24.3 Å². The highest BCUT2D eigenvalue weighted by Gasteiger charge is 2.11. The standard InChI is InChI=1S/C19H23FN4O4/c1-24(2)10-14(25)11-28-15-6-4-13(5-7-15)22-19(27)23-17-9-12(18(21)26)3-8-16(17)20/h3-9,14,25H,10-11H2,1-2H3,(H2,21,26)(H2,22,23,27). The van der Waals surface area contributed by atoms with E-state index < -0.39 is 23.9 Å². The van der Waals surface area contributed by atoms with Gasteiger partial charge in [0.15, 0.2) is 0 Å². The number of nitrogens with zero attached hydrogens (tertiary/aromatic N) is 1. The average Bonchev–Trinajstić information content (AvgIpc) is 2.62. The zero-order valence-electron chi connectivity index (χ0n) is 15.6. The first-order valence-corrected chi connectivity index (χ1v) is 8.47. The molecule has 0 spiro atoms. The molecule has 28 heavy (non-hydrogen) atoms. The molecule has 0 saturated heterocycles. The third-order valence-electron chi connectivity index (χ3n) is 3.63. The summed E-state index contributed by atoms with van der Waals surface area (Å²) < 4.78 is 19.3. The van der Waals surface area contributed by atoms with Crippen molar-refractivity contribution in [2.45, 2.75) is 6.10 Å². The Kier molecular flexibility index (Phi) is 7.30. The summed E-state index contributed by atoms with van der Waals surface area (Å²) in [4.78, 5) is 25.1. The molecule has 0 aliphatic heterocycles. The Morgan fingerprint density at radius 1 is 1.18 bits per heavy atom. The van der Waals surface area contributed by atoms with Crippen molar-refractivity contribution in [1.82, 2.24) is 4.90 Å². The molecule has 5 N–H and O–H groups in total. The van der Waals surface area contributed by atoms with E-state index in [2.05, 4.69) is 10.6 Å². The van der Waals surface area contributed by atoms with Gasteiger partial charge in [-0.25, -0.2) is 9.18 Å². The second kappa shape index (κ2) is 9.67. The molecule has 0 fully saturated rings. The number of rotatable bonds is 8. The number of likely N-dealkylation sites (N-methyl/N-ethyl adjacent to an activating group) is 1. The van der Waals surface area contributed by atoms with Crippen LogP contribution in [-0.2, 0) is 0 Å². The van der Waals surface area contributed by atoms with E-state index in [4.69, 9.17) is 10.5 Å². The lowest BCUT2D eigenvalue weighted by Gasteiger charge is -2.16. The Labute approximate surface area is 162 Å². The van der Waals surface area contributed by atoms with Gasteiger partial charge in [0.2, 0.25) is 5.91 Å². The Bertz CT molecular complexity index is 827. The van der Waals surface area contributed by atoms with Gasteiger partial charge in [-0.05, 0) is 56.6 Å². The minimum absolute atomic E-state index is 0.0784. The van der Waals surface area contributed by atoms with Crippen LogP contribution in [0.3, 0.4) is 0 Å². The molecule has 0 aliphatic rings. The molecular formula is C19H23FN4O4. The van der Waals surface area contributed by atoms with Crippen molar-refractivity contribution in [1.29, 1.82) is 0 Å². The fourth-order valence-corrected chi connectivity index (χ4v) is 2.36. The van der Waals surface area contributed by atoms with E-state index in [0.29, 0.717) is 18.0 Å². The van der Waals surface area contributed by atoms with Crippen LogP contribution in [0.4, 0.5) is 20.6 Å². The number of ether oxygens (including phenoxy) is 1. The van der Waals surface area contributed by atoms with E-state index in [9.17, 15) is 19.1 Å². The number of urea groups is 1. The number of hydrogen-bond acceptors (Lipinski definition) is 5. The first kappa shape index (κ1) is 21.1. The van der Waals surface area contributed by atoms with Crippen LogP contribution in [0.15, 0.2) is 42.5 Å². The van der Waals surface area contributed by atoms with Crippen LogP contribution in [0.2, 0.25) is 0 Å². The van der Waals surface area contributed by atoms with Gasteiger partial charge >= 0.3 is 6.03 Å². The van der Waals surface area contributed by atoms with Gasteiger partial charge < -0.3 is 31.1 Å². The van der Waals surface area contributed by atoms with E-state index in [0.717, 1.165) is 12.1 Å². The summed E-state index contributed by atoms with van der Waals surface area (Å²) in [5.74, 6) is -0.890. The zero-order valence-corrected chi connectivity index (χ0v) is 15.6. The smallest absolute Gasteiger partial charge is 0.323 e. The van der Waals surface area contributed by atoms with Crippen LogP contribution in [0.5, 0.6) is 5.75 Å². The van der Waals surface area contributed by atoms with Gasteiger partial charge in [0.25, 0.3) is 0 Å². The summed E-state index contributed by atoms with van der Waals surface area (Å²) >= 11 is 0. The number of nitrogens with two attached hydrogens (primary N) is 1. The number of primary amides is 1. The first-order valence-electron chi connectivity index (χ1n) is 8.47. The van der Waals surface area contributed by atoms with Gasteiger partial charge in [0.05, 0.1) is 5.69 Å². The molecule has 0 heterocycles. The zero-order chi connectivity index (χ0) is 20.7. The summed E-state index contributed by atoms with van der Waals surface area (Å²) in [5, 5.41) is 14.6. The molecule has 2 rings (SSSR count). The van der Waals surface area contributed by atoms with Gasteiger partial charge in [-0.2, -0.15) is 0 Å². The molecule has 0 radical (unpaired) electrons. The lowest BCUT2D eigenvalue weighted by molar-refractivity contribution is 0.0831. The largest absolute Gasteiger partial charge is 0.491 e. The molecule has 3 amide bonds. The highest BCUT2D eigenvalue weighted by molar-refractivity contribution is 6.01. The van der Waals surface area contributed by atoms with Gasteiger partial charge in [0.1, 0.15) is 24.3 Å². The number of anilines is 2. The molecule has 2 aromatic rings. The first-order chi connectivity index (χ1) is 13.2. The number of benzene rings is 2. The molecule has 9 heteroatoms. The Morgan fingerprint density at radius 2 is 1.86 bits per heavy atom. The maximum Gasteiger partial charge on any atom is 0.323 e. The van der Waals surface area contributed by atoms with Crippen molar-refractivity contribution in [3.63, 3.8) is 0 Å². The van der Waals surface area contributed by atoms with Crippen molar-refractivity contribution in [3.05, 3.63) is 53.8 Å². The third kappa shape index (κ3) is 6.53. The number of carbonyl (C=O) groups is 2. The minimum Gasteiger partial charge on any atom is -0.491 e. The summed E-state index contributed by atoms with van der Waals surface area (Å²) in [6, 6.07) is 9.22. The van der Waals surface area contributed by atoms with Crippen LogP contribution >= 0.6 is 0 Å². The Morgan fingerprint density at radius 3 is 2.46 bits per heavy atom. The molecule has 1 atom stereocenters. The minimum atomic E-state index is -0.727. The molecule has 150 valence electrons. The highest BCUT2D eigenvalue weighted by atomic mass is 19.1. The fourth-order valence-electron chi connectivity index (χ4n) is 2.36. The molecule has 8 nitrogen and oxygen atoms in total. The lowest BCUT2D eigenvalue weighted by atomic mass is 10.2. The van der Waals surface area contributed by atoms with Gasteiger partial charge in [-0.15, -0.1) is 0 Å². The monoisotopic (exact) mass is 390 g/mol. The number of carbonyl (C=O) groups excluding carboxylic acids is 2. The maximum atomic E-state index is 13.8. The number of nitrogens with one attached hydrogen (secondary N) is 2. The molecule has 1 unspecified atom stereocenters. The average molecular weight is 390 g/mol. The van der Waals surface area contributed by atoms with Crippen molar-refractivity contribution >= 4 is 23.3 Å². The molecule has 2 aromatic carbocycles. The predicted octanol–water partition coefficient (Wildman–Crippen LogP) is 1.87. The van der Waals surface area contributed by atoms with Crippen LogP contribution in [-0.4, -0.2) is 55.3 Å². The highest BCUT2D eigenvalue weighted by Crippen LogP contribution is 2.18. The normalized spacial score (nSPS) is 11.8. The topological polar surface area (TPSA) is 117 Å². The number of halogens is 1. The van der Waals surface area contributed by atoms with Crippen LogP contribution < -0.4 is 21.1 Å². The number of hydrogen-bond donors (Lipinski definition) is 4. The van der Waals surface area contributed by atoms with E-state index in [1.165, 1.54) is 6.07 Å². The van der Waals surface area contributed by atoms with E-state index >= 15 is 0 Å². The molecule has 0 saturated carbocycles. The van der Waals surface area contributed by atoms with E-state index in [-0.39, 0.29) is 17.9 Å². The van der Waals surface area contributed by atoms with Crippen LogP contribution in [0, 0.1) is 5.82 Å². The third-order valence-corrected chi connectivity index (χ3v) is 3.63. The number of amides is 3. The summed E-state index contributed by atoms with van der Waals surface area (Å²) in [6.45, 7) is 0.619. The maximum absolute atomic E-state index is 13.8. The van der Waals surface area contributed by atoms with Gasteiger partial charge in [-0.3, -0.25) is 4.79 Å². The Balaban J connectivity index is 1.91. The van der Waals surface area contributed by atoms with Crippen molar-refractivity contribution in [2.75, 3.05) is 37.9 Å². The van der Waals surface area contributed by atoms with Crippen LogP contribution in [0.1, 0.15) is 10.4 Å². The van der Waals surface area contributed by atoms with Gasteiger partial charge in [-0.1, -0.05) is 0 Å². The van der Waals surface area contributed by atoms with Crippen molar-refractivity contribution < 1.29 is 23.8 Å². The van der Waals surface area contributed by atoms with E-state index in [1.807, 2.05) is 19.0 Å². The predicted molar refractivity (Wildman–Crippen MR) is 104 cm³/mol. The van der Waals surface area contributed by atoms with Crippen LogP contribution in [0.25, 0.3) is 0 Å². The second-order valence-electron chi connectivity index (χ2n) is 6.39. The summed E-state index contributed by atoms with van der Waals surface area (Å²) in [5.41, 5.74) is 5.51. The number of aliphatic hydroxyl groups excluding tert-OH is 1.